The van der Waals surface area contributed by atoms with E-state index in [4.69, 9.17) is 9.47 Å². The lowest BCUT2D eigenvalue weighted by Gasteiger charge is -2.45. The molecule has 2 bridgehead atoms. The minimum absolute atomic E-state index is 0.275. The molecule has 3 aromatic rings. The number of nitrogens with one attached hydrogen (secondary N) is 1. The normalized spacial score (nSPS) is 22.1. The number of ether oxygens (including phenoxy) is 2. The van der Waals surface area contributed by atoms with Gasteiger partial charge in [0.25, 0.3) is 5.91 Å². The first kappa shape index (κ1) is 27.4. The van der Waals surface area contributed by atoms with E-state index in [1.807, 2.05) is 55.5 Å². The molecule has 4 aliphatic rings. The Labute approximate surface area is 242 Å². The number of nitrogens with zero attached hydrogens (tertiary/aromatic N) is 1. The highest BCUT2D eigenvalue weighted by molar-refractivity contribution is 6.10. The third kappa shape index (κ3) is 4.45. The quantitative estimate of drug-likeness (QED) is 0.323. The Morgan fingerprint density at radius 3 is 1.76 bits per heavy atom. The predicted octanol–water partition coefficient (Wildman–Crippen LogP) is 4.02. The van der Waals surface area contributed by atoms with Gasteiger partial charge in [0, 0.05) is 17.5 Å². The van der Waals surface area contributed by atoms with Gasteiger partial charge in [0.15, 0.2) is 6.61 Å². The second kappa shape index (κ2) is 10.9. The van der Waals surface area contributed by atoms with E-state index in [1.54, 1.807) is 12.1 Å². The van der Waals surface area contributed by atoms with Crippen LogP contribution in [0, 0.1) is 11.8 Å². The van der Waals surface area contributed by atoms with Crippen LogP contribution in [0.4, 0.5) is 5.69 Å². The molecular formula is C33H30N2O7. The first-order valence-corrected chi connectivity index (χ1v) is 14.1. The van der Waals surface area contributed by atoms with Gasteiger partial charge in [-0.05, 0) is 59.9 Å². The number of carbonyl (C=O) groups is 5. The van der Waals surface area contributed by atoms with E-state index in [2.05, 4.69) is 5.32 Å². The molecule has 9 nitrogen and oxygen atoms in total. The Kier molecular flexibility index (Phi) is 7.10. The number of imide groups is 1. The van der Waals surface area contributed by atoms with Gasteiger partial charge in [0.2, 0.25) is 11.8 Å². The van der Waals surface area contributed by atoms with Crippen LogP contribution in [0.25, 0.3) is 0 Å². The highest BCUT2D eigenvalue weighted by Gasteiger charge is 2.62. The van der Waals surface area contributed by atoms with Crippen molar-refractivity contribution in [2.45, 2.75) is 38.1 Å². The van der Waals surface area contributed by atoms with Gasteiger partial charge in [0.1, 0.15) is 6.04 Å². The number of amides is 3. The maximum Gasteiger partial charge on any atom is 0.338 e. The summed E-state index contributed by atoms with van der Waals surface area (Å²) in [5.41, 5.74) is 4.93. The zero-order valence-corrected chi connectivity index (χ0v) is 23.2. The van der Waals surface area contributed by atoms with E-state index in [1.165, 1.54) is 19.1 Å². The molecular weight excluding hydrogens is 536 g/mol. The van der Waals surface area contributed by atoms with Crippen molar-refractivity contribution in [2.75, 3.05) is 18.5 Å². The van der Waals surface area contributed by atoms with Crippen molar-refractivity contribution in [1.82, 2.24) is 4.90 Å². The molecule has 42 heavy (non-hydrogen) atoms. The lowest BCUT2D eigenvalue weighted by molar-refractivity contribution is -0.159. The second-order valence-corrected chi connectivity index (χ2v) is 10.9. The average molecular weight is 567 g/mol. The molecule has 1 aliphatic heterocycles. The number of benzene rings is 3. The third-order valence-corrected chi connectivity index (χ3v) is 8.40. The van der Waals surface area contributed by atoms with Crippen molar-refractivity contribution >= 4 is 35.3 Å². The van der Waals surface area contributed by atoms with Crippen molar-refractivity contribution in [3.63, 3.8) is 0 Å². The minimum atomic E-state index is -1.19. The molecule has 0 spiro atoms. The van der Waals surface area contributed by atoms with E-state index >= 15 is 0 Å². The number of hydrogen-bond acceptors (Lipinski definition) is 7. The minimum Gasteiger partial charge on any atom is -0.462 e. The molecule has 0 unspecified atom stereocenters. The zero-order valence-electron chi connectivity index (χ0n) is 23.2. The zero-order chi connectivity index (χ0) is 29.5. The first-order chi connectivity index (χ1) is 20.3. The number of esters is 2. The smallest absolute Gasteiger partial charge is 0.338 e. The van der Waals surface area contributed by atoms with E-state index in [0.29, 0.717) is 24.3 Å². The number of rotatable bonds is 8. The van der Waals surface area contributed by atoms with E-state index in [0.717, 1.165) is 27.2 Å². The summed E-state index contributed by atoms with van der Waals surface area (Å²) in [6, 6.07) is 20.8. The van der Waals surface area contributed by atoms with Crippen LogP contribution < -0.4 is 5.32 Å². The molecule has 3 aromatic carbocycles. The highest BCUT2D eigenvalue weighted by atomic mass is 16.5. The summed E-state index contributed by atoms with van der Waals surface area (Å²) in [6.45, 7) is 3.06. The van der Waals surface area contributed by atoms with Crippen LogP contribution >= 0.6 is 0 Å². The fourth-order valence-electron chi connectivity index (χ4n) is 6.61. The molecule has 3 atom stereocenters. The lowest BCUT2D eigenvalue weighted by Crippen LogP contribution is -2.45. The van der Waals surface area contributed by atoms with Gasteiger partial charge < -0.3 is 14.8 Å². The molecule has 7 rings (SSSR count). The number of likely N-dealkylation sites (tertiary alicyclic amines) is 1. The molecule has 0 saturated carbocycles. The Bertz CT molecular complexity index is 1480. The monoisotopic (exact) mass is 566 g/mol. The van der Waals surface area contributed by atoms with Crippen LogP contribution in [0.5, 0.6) is 0 Å². The topological polar surface area (TPSA) is 119 Å². The van der Waals surface area contributed by atoms with Gasteiger partial charge in [-0.25, -0.2) is 9.59 Å². The second-order valence-electron chi connectivity index (χ2n) is 10.9. The molecule has 214 valence electrons. The van der Waals surface area contributed by atoms with Crippen LogP contribution in [0.3, 0.4) is 0 Å². The highest BCUT2D eigenvalue weighted by Crippen LogP contribution is 2.61. The standard InChI is InChI=1S/C33H30N2O7/c1-3-16-41-33(40)19-12-14-20(15-13-19)34-25(36)17-42-32(39)18(2)35-30(37)28-26-21-8-4-5-9-22(21)27(29(28)31(35)38)24-11-7-6-10-23(24)26/h4-15,18,26-29H,3,16-17H2,1-2H3,(H,34,36)/t18-,26?,27?,28-,29+/m0/s1. The van der Waals surface area contributed by atoms with Gasteiger partial charge in [-0.2, -0.15) is 0 Å². The SMILES string of the molecule is CCCOC(=O)c1ccc(NC(=O)COC(=O)[C@H](C)N2C(=O)[C@@H]3C4c5ccccc5C(c5ccccc54)[C@@H]3C2=O)cc1. The Morgan fingerprint density at radius 2 is 1.29 bits per heavy atom. The van der Waals surface area contributed by atoms with Crippen LogP contribution in [0.15, 0.2) is 72.8 Å². The molecule has 1 fully saturated rings. The number of carbonyl (C=O) groups excluding carboxylic acids is 5. The predicted molar refractivity (Wildman–Crippen MR) is 151 cm³/mol. The molecule has 3 amide bonds. The summed E-state index contributed by atoms with van der Waals surface area (Å²) in [7, 11) is 0. The maximum absolute atomic E-state index is 13.8. The molecule has 0 radical (unpaired) electrons. The van der Waals surface area contributed by atoms with Crippen LogP contribution in [-0.4, -0.2) is 53.8 Å². The Morgan fingerprint density at radius 1 is 0.786 bits per heavy atom. The summed E-state index contributed by atoms with van der Waals surface area (Å²) in [5.74, 6) is -4.45. The maximum atomic E-state index is 13.8. The molecule has 0 aromatic heterocycles. The van der Waals surface area contributed by atoms with Gasteiger partial charge >= 0.3 is 11.9 Å². The van der Waals surface area contributed by atoms with E-state index < -0.39 is 54.1 Å². The summed E-state index contributed by atoms with van der Waals surface area (Å²) in [4.78, 5) is 66.1. The summed E-state index contributed by atoms with van der Waals surface area (Å²) in [6.07, 6.45) is 0.710. The van der Waals surface area contributed by atoms with Crippen LogP contribution in [0.2, 0.25) is 0 Å². The third-order valence-electron chi connectivity index (χ3n) is 8.40. The Balaban J connectivity index is 1.12. The van der Waals surface area contributed by atoms with Gasteiger partial charge in [-0.3, -0.25) is 19.3 Å². The molecule has 9 heteroatoms. The fourth-order valence-corrected chi connectivity index (χ4v) is 6.61. The molecule has 3 aliphatic carbocycles. The van der Waals surface area contributed by atoms with Crippen LogP contribution in [0.1, 0.15) is 64.7 Å². The van der Waals surface area contributed by atoms with Crippen molar-refractivity contribution in [2.24, 2.45) is 11.8 Å². The van der Waals surface area contributed by atoms with Crippen molar-refractivity contribution in [1.29, 1.82) is 0 Å². The molecule has 1 N–H and O–H groups in total. The van der Waals surface area contributed by atoms with Gasteiger partial charge in [0.05, 0.1) is 24.0 Å². The van der Waals surface area contributed by atoms with Crippen LogP contribution in [-0.2, 0) is 28.7 Å². The lowest BCUT2D eigenvalue weighted by atomic mass is 9.55. The fraction of sp³-hybridized carbons (Fsp3) is 0.303. The summed E-state index contributed by atoms with van der Waals surface area (Å²) >= 11 is 0. The van der Waals surface area contributed by atoms with Crippen molar-refractivity contribution < 1.29 is 33.4 Å². The van der Waals surface area contributed by atoms with E-state index in [-0.39, 0.29) is 11.8 Å². The summed E-state index contributed by atoms with van der Waals surface area (Å²) in [5, 5.41) is 2.60. The van der Waals surface area contributed by atoms with Crippen molar-refractivity contribution in [3.05, 3.63) is 101 Å². The van der Waals surface area contributed by atoms with Gasteiger partial charge in [-0.1, -0.05) is 55.5 Å². The average Bonchev–Trinajstić information content (AvgIpc) is 3.28. The van der Waals surface area contributed by atoms with Crippen molar-refractivity contribution in [3.8, 4) is 0 Å². The number of anilines is 1. The first-order valence-electron chi connectivity index (χ1n) is 14.1. The summed E-state index contributed by atoms with van der Waals surface area (Å²) < 4.78 is 10.3. The number of hydrogen-bond donors (Lipinski definition) is 1. The van der Waals surface area contributed by atoms with E-state index in [9.17, 15) is 24.0 Å². The van der Waals surface area contributed by atoms with Gasteiger partial charge in [-0.15, -0.1) is 0 Å². The Hall–Kier alpha value is -4.79. The molecule has 1 saturated heterocycles. The largest absolute Gasteiger partial charge is 0.462 e. The molecule has 1 heterocycles.